The second kappa shape index (κ2) is 10.8. The molecule has 0 fully saturated rings. The summed E-state index contributed by atoms with van der Waals surface area (Å²) >= 11 is 0. The van der Waals surface area contributed by atoms with E-state index in [1.807, 2.05) is 31.2 Å². The van der Waals surface area contributed by atoms with Crippen LogP contribution in [0.1, 0.15) is 44.2 Å². The normalized spacial score (nSPS) is 11.3. The predicted molar refractivity (Wildman–Crippen MR) is 121 cm³/mol. The number of hydrogen-bond donors (Lipinski definition) is 2. The molecule has 0 aliphatic heterocycles. The number of aryl methyl sites for hydroxylation is 1. The van der Waals surface area contributed by atoms with Crippen molar-refractivity contribution < 1.29 is 17.9 Å². The molecule has 1 heterocycles. The van der Waals surface area contributed by atoms with E-state index in [1.165, 1.54) is 5.56 Å². The molecule has 0 amide bonds. The van der Waals surface area contributed by atoms with Crippen molar-refractivity contribution in [2.45, 2.75) is 45.7 Å². The smallest absolute Gasteiger partial charge is 0.421 e. The fraction of sp³-hybridized carbons (Fsp3) is 0.333. The Balaban J connectivity index is 1.87. The number of anilines is 4. The van der Waals surface area contributed by atoms with Gasteiger partial charge in [-0.05, 0) is 42.7 Å². The molecule has 2 N–H and O–H groups in total. The SMILES string of the molecule is CCCCOc1ccccc1Nc1nc(Nc2ccc(CCC)cc2)ncc1C(F)(F)F. The lowest BCUT2D eigenvalue weighted by atomic mass is 10.1. The summed E-state index contributed by atoms with van der Waals surface area (Å²) in [5.74, 6) is 0.186. The van der Waals surface area contributed by atoms with Crippen LogP contribution in [0.2, 0.25) is 0 Å². The van der Waals surface area contributed by atoms with E-state index >= 15 is 0 Å². The molecular weight excluding hydrogens is 417 g/mol. The highest BCUT2D eigenvalue weighted by Gasteiger charge is 2.35. The van der Waals surface area contributed by atoms with E-state index in [-0.39, 0.29) is 11.8 Å². The molecule has 0 radical (unpaired) electrons. The molecule has 5 nitrogen and oxygen atoms in total. The first-order valence-electron chi connectivity index (χ1n) is 10.7. The van der Waals surface area contributed by atoms with Gasteiger partial charge in [-0.25, -0.2) is 4.98 Å². The van der Waals surface area contributed by atoms with Gasteiger partial charge in [0.25, 0.3) is 0 Å². The molecule has 170 valence electrons. The first kappa shape index (κ1) is 23.4. The lowest BCUT2D eigenvalue weighted by molar-refractivity contribution is -0.137. The van der Waals surface area contributed by atoms with Crippen molar-refractivity contribution in [3.05, 3.63) is 65.9 Å². The minimum Gasteiger partial charge on any atom is -0.491 e. The van der Waals surface area contributed by atoms with Gasteiger partial charge in [-0.15, -0.1) is 0 Å². The average Bonchev–Trinajstić information content (AvgIpc) is 2.76. The summed E-state index contributed by atoms with van der Waals surface area (Å²) in [5, 5.41) is 5.76. The van der Waals surface area contributed by atoms with Crippen molar-refractivity contribution in [2.24, 2.45) is 0 Å². The maximum atomic E-state index is 13.6. The molecule has 0 aliphatic carbocycles. The number of alkyl halides is 3. The van der Waals surface area contributed by atoms with Gasteiger partial charge in [-0.2, -0.15) is 18.2 Å². The fourth-order valence-corrected chi connectivity index (χ4v) is 3.07. The molecule has 8 heteroatoms. The Kier molecular flexibility index (Phi) is 7.92. The van der Waals surface area contributed by atoms with Crippen LogP contribution in [0, 0.1) is 0 Å². The van der Waals surface area contributed by atoms with E-state index in [1.54, 1.807) is 24.3 Å². The Hall–Kier alpha value is -3.29. The zero-order chi connectivity index (χ0) is 23.0. The second-order valence-electron chi connectivity index (χ2n) is 7.35. The number of hydrogen-bond acceptors (Lipinski definition) is 5. The van der Waals surface area contributed by atoms with Crippen molar-refractivity contribution >= 4 is 23.1 Å². The number of nitrogens with zero attached hydrogens (tertiary/aromatic N) is 2. The van der Waals surface area contributed by atoms with E-state index in [2.05, 4.69) is 27.5 Å². The monoisotopic (exact) mass is 444 g/mol. The molecular formula is C24H27F3N4O. The summed E-state index contributed by atoms with van der Waals surface area (Å²) in [4.78, 5) is 7.99. The number of unbranched alkanes of at least 4 members (excludes halogenated alkanes) is 1. The third kappa shape index (κ3) is 6.35. The maximum absolute atomic E-state index is 13.6. The van der Waals surface area contributed by atoms with Crippen LogP contribution in [0.3, 0.4) is 0 Å². The Morgan fingerprint density at radius 2 is 1.69 bits per heavy atom. The quantitative estimate of drug-likeness (QED) is 0.326. The van der Waals surface area contributed by atoms with Crippen LogP contribution in [0.5, 0.6) is 5.75 Å². The van der Waals surface area contributed by atoms with Gasteiger partial charge >= 0.3 is 6.18 Å². The van der Waals surface area contributed by atoms with Crippen LogP contribution in [-0.4, -0.2) is 16.6 Å². The number of benzene rings is 2. The van der Waals surface area contributed by atoms with Gasteiger partial charge in [0.15, 0.2) is 0 Å². The summed E-state index contributed by atoms with van der Waals surface area (Å²) in [6.07, 6.45) is -0.0302. The van der Waals surface area contributed by atoms with Crippen LogP contribution in [0.4, 0.5) is 36.3 Å². The lowest BCUT2D eigenvalue weighted by Gasteiger charge is -2.17. The molecule has 32 heavy (non-hydrogen) atoms. The van der Waals surface area contributed by atoms with Crippen LogP contribution < -0.4 is 15.4 Å². The van der Waals surface area contributed by atoms with Gasteiger partial charge in [0.2, 0.25) is 5.95 Å². The van der Waals surface area contributed by atoms with Crippen molar-refractivity contribution in [1.82, 2.24) is 9.97 Å². The number of halogens is 3. The highest BCUT2D eigenvalue weighted by molar-refractivity contribution is 5.67. The Labute approximate surface area is 186 Å². The Morgan fingerprint density at radius 1 is 0.938 bits per heavy atom. The third-order valence-corrected chi connectivity index (χ3v) is 4.74. The molecule has 0 unspecified atom stereocenters. The van der Waals surface area contributed by atoms with Crippen molar-refractivity contribution in [3.8, 4) is 5.75 Å². The lowest BCUT2D eigenvalue weighted by Crippen LogP contribution is -2.13. The molecule has 2 aromatic carbocycles. The highest BCUT2D eigenvalue weighted by atomic mass is 19.4. The van der Waals surface area contributed by atoms with Crippen LogP contribution in [0.15, 0.2) is 54.7 Å². The average molecular weight is 445 g/mol. The summed E-state index contributed by atoms with van der Waals surface area (Å²) in [6, 6.07) is 14.5. The molecule has 1 aromatic heterocycles. The number of rotatable bonds is 10. The van der Waals surface area contributed by atoms with Gasteiger partial charge in [-0.3, -0.25) is 0 Å². The van der Waals surface area contributed by atoms with Gasteiger partial charge in [0.1, 0.15) is 17.1 Å². The van der Waals surface area contributed by atoms with E-state index in [9.17, 15) is 13.2 Å². The summed E-state index contributed by atoms with van der Waals surface area (Å²) in [7, 11) is 0. The first-order valence-corrected chi connectivity index (χ1v) is 10.7. The number of nitrogens with one attached hydrogen (secondary N) is 2. The Bertz CT molecular complexity index is 1010. The molecule has 0 aliphatic rings. The van der Waals surface area contributed by atoms with E-state index in [4.69, 9.17) is 4.74 Å². The third-order valence-electron chi connectivity index (χ3n) is 4.74. The molecule has 0 saturated carbocycles. The zero-order valence-corrected chi connectivity index (χ0v) is 18.2. The summed E-state index contributed by atoms with van der Waals surface area (Å²) in [5.41, 5.74) is 1.33. The van der Waals surface area contributed by atoms with Crippen LogP contribution in [-0.2, 0) is 12.6 Å². The van der Waals surface area contributed by atoms with Crippen molar-refractivity contribution in [3.63, 3.8) is 0 Å². The first-order chi connectivity index (χ1) is 15.4. The Morgan fingerprint density at radius 3 is 2.38 bits per heavy atom. The van der Waals surface area contributed by atoms with Crippen molar-refractivity contribution in [2.75, 3.05) is 17.2 Å². The standard InChI is InChI=1S/C24H27F3N4O/c1-3-5-15-32-21-10-7-6-9-20(21)30-22-19(24(25,26)27)16-28-23(31-22)29-18-13-11-17(8-4-2)12-14-18/h6-7,9-14,16H,3-5,8,15H2,1-2H3,(H2,28,29,30,31). The topological polar surface area (TPSA) is 59.1 Å². The molecule has 0 atom stereocenters. The number of ether oxygens (including phenoxy) is 1. The zero-order valence-electron chi connectivity index (χ0n) is 18.2. The number of para-hydroxylation sites is 2. The molecule has 3 aromatic rings. The van der Waals surface area contributed by atoms with E-state index in [0.717, 1.165) is 31.9 Å². The predicted octanol–water partition coefficient (Wildman–Crippen LogP) is 7.11. The van der Waals surface area contributed by atoms with Crippen LogP contribution >= 0.6 is 0 Å². The van der Waals surface area contributed by atoms with E-state index < -0.39 is 11.7 Å². The minimum absolute atomic E-state index is 0.0631. The summed E-state index contributed by atoms with van der Waals surface area (Å²) < 4.78 is 46.5. The van der Waals surface area contributed by atoms with Crippen molar-refractivity contribution in [1.29, 1.82) is 0 Å². The van der Waals surface area contributed by atoms with Crippen LogP contribution in [0.25, 0.3) is 0 Å². The minimum atomic E-state index is -4.61. The van der Waals surface area contributed by atoms with Gasteiger partial charge in [0, 0.05) is 11.9 Å². The maximum Gasteiger partial charge on any atom is 0.421 e. The van der Waals surface area contributed by atoms with Gasteiger partial charge in [-0.1, -0.05) is 51.0 Å². The second-order valence-corrected chi connectivity index (χ2v) is 7.35. The molecule has 3 rings (SSSR count). The summed E-state index contributed by atoms with van der Waals surface area (Å²) in [6.45, 7) is 4.62. The van der Waals surface area contributed by atoms with Gasteiger partial charge in [0.05, 0.1) is 12.3 Å². The fourth-order valence-electron chi connectivity index (χ4n) is 3.07. The highest BCUT2D eigenvalue weighted by Crippen LogP contribution is 2.37. The molecule has 0 saturated heterocycles. The van der Waals surface area contributed by atoms with E-state index in [0.29, 0.717) is 23.7 Å². The van der Waals surface area contributed by atoms with Gasteiger partial charge < -0.3 is 15.4 Å². The molecule has 0 spiro atoms. The largest absolute Gasteiger partial charge is 0.491 e. The molecule has 0 bridgehead atoms. The number of aromatic nitrogens is 2.